The summed E-state index contributed by atoms with van der Waals surface area (Å²) in [4.78, 5) is 11.7. The molecule has 3 heterocycles. The number of halogens is 1. The van der Waals surface area contributed by atoms with E-state index >= 15 is 0 Å². The summed E-state index contributed by atoms with van der Waals surface area (Å²) in [7, 11) is 0. The number of fused-ring (bicyclic) bond motifs is 2. The first kappa shape index (κ1) is 23.2. The summed E-state index contributed by atoms with van der Waals surface area (Å²) in [5.74, 6) is -1.02. The van der Waals surface area contributed by atoms with E-state index in [1.165, 1.54) is 17.3 Å². The lowest BCUT2D eigenvalue weighted by molar-refractivity contribution is -0.162. The number of hydrogen-bond acceptors (Lipinski definition) is 4. The highest BCUT2D eigenvalue weighted by molar-refractivity contribution is 5.99. The van der Waals surface area contributed by atoms with Gasteiger partial charge in [-0.25, -0.2) is 9.18 Å². The molecular formula is C28H30FN3O4. The Morgan fingerprint density at radius 2 is 1.89 bits per heavy atom. The number of ether oxygens (including phenoxy) is 1. The minimum absolute atomic E-state index is 0.105. The number of carboxylic acid groups (broad SMARTS) is 1. The third-order valence-corrected chi connectivity index (χ3v) is 8.23. The van der Waals surface area contributed by atoms with E-state index in [0.717, 1.165) is 40.3 Å². The normalized spacial score (nSPS) is 23.5. The first-order valence-corrected chi connectivity index (χ1v) is 12.7. The van der Waals surface area contributed by atoms with Gasteiger partial charge in [0.05, 0.1) is 17.2 Å². The average molecular weight is 492 g/mol. The first-order chi connectivity index (χ1) is 17.4. The third kappa shape index (κ3) is 3.71. The molecule has 3 N–H and O–H groups in total. The zero-order chi connectivity index (χ0) is 25.0. The molecule has 1 aliphatic carbocycles. The van der Waals surface area contributed by atoms with Crippen molar-refractivity contribution in [2.75, 3.05) is 13.2 Å². The van der Waals surface area contributed by atoms with E-state index < -0.39 is 11.6 Å². The number of nitrogens with one attached hydrogen (secondary N) is 1. The minimum atomic E-state index is -1.67. The van der Waals surface area contributed by atoms with Gasteiger partial charge >= 0.3 is 5.97 Å². The van der Waals surface area contributed by atoms with Gasteiger partial charge in [0.15, 0.2) is 5.60 Å². The largest absolute Gasteiger partial charge is 0.479 e. The number of aliphatic carboxylic acids is 1. The number of H-pyrrole nitrogens is 1. The standard InChI is InChI=1S/C28H30FN3O4/c1-16-12-20(2-3-22(16)29)32-24-13-19-15-30-31-23(19)14-21(24)25(26(32)18-6-10-36-11-7-18)17-4-8-28(35,9-5-17)27(33)34/h2-3,12-15,17-18,35H,4-11H2,1H3,(H,30,31)(H,33,34). The highest BCUT2D eigenvalue weighted by Gasteiger charge is 2.42. The van der Waals surface area contributed by atoms with Crippen molar-refractivity contribution in [1.29, 1.82) is 0 Å². The number of carbonyl (C=O) groups is 1. The molecule has 2 fully saturated rings. The van der Waals surface area contributed by atoms with Crippen LogP contribution in [0, 0.1) is 12.7 Å². The van der Waals surface area contributed by atoms with Crippen LogP contribution in [0.25, 0.3) is 27.5 Å². The molecule has 0 unspecified atom stereocenters. The lowest BCUT2D eigenvalue weighted by atomic mass is 9.74. The van der Waals surface area contributed by atoms with Crippen LogP contribution in [-0.2, 0) is 9.53 Å². The minimum Gasteiger partial charge on any atom is -0.479 e. The van der Waals surface area contributed by atoms with E-state index in [1.807, 2.05) is 18.3 Å². The predicted octanol–water partition coefficient (Wildman–Crippen LogP) is 5.32. The molecule has 1 saturated heterocycles. The van der Waals surface area contributed by atoms with Crippen LogP contribution in [0.2, 0.25) is 0 Å². The Morgan fingerprint density at radius 1 is 1.14 bits per heavy atom. The fourth-order valence-electron chi connectivity index (χ4n) is 6.21. The van der Waals surface area contributed by atoms with Crippen LogP contribution in [0.4, 0.5) is 4.39 Å². The van der Waals surface area contributed by atoms with Gasteiger partial charge in [-0.05, 0) is 92.8 Å². The second-order valence-corrected chi connectivity index (χ2v) is 10.4. The monoisotopic (exact) mass is 491 g/mol. The number of rotatable bonds is 4. The molecule has 1 aliphatic heterocycles. The van der Waals surface area contributed by atoms with Crippen LogP contribution in [0.5, 0.6) is 0 Å². The molecule has 0 amide bonds. The van der Waals surface area contributed by atoms with Gasteiger partial charge in [-0.15, -0.1) is 0 Å². The fraction of sp³-hybridized carbons (Fsp3) is 0.429. The van der Waals surface area contributed by atoms with Crippen molar-refractivity contribution in [3.8, 4) is 5.69 Å². The van der Waals surface area contributed by atoms with Crippen LogP contribution in [0.3, 0.4) is 0 Å². The summed E-state index contributed by atoms with van der Waals surface area (Å²) in [5.41, 5.74) is 4.21. The van der Waals surface area contributed by atoms with Gasteiger partial charge < -0.3 is 19.5 Å². The average Bonchev–Trinajstić information content (AvgIpc) is 3.47. The third-order valence-electron chi connectivity index (χ3n) is 8.23. The maximum Gasteiger partial charge on any atom is 0.335 e. The highest BCUT2D eigenvalue weighted by Crippen LogP contribution is 2.48. The van der Waals surface area contributed by atoms with Crippen LogP contribution in [0.15, 0.2) is 36.5 Å². The van der Waals surface area contributed by atoms with E-state index in [-0.39, 0.29) is 30.5 Å². The number of nitrogens with zero attached hydrogens (tertiary/aromatic N) is 2. The number of benzene rings is 2. The van der Waals surface area contributed by atoms with Crippen molar-refractivity contribution >= 4 is 27.8 Å². The van der Waals surface area contributed by atoms with Crippen LogP contribution in [-0.4, -0.2) is 49.8 Å². The van der Waals surface area contributed by atoms with E-state index in [4.69, 9.17) is 4.74 Å². The smallest absolute Gasteiger partial charge is 0.335 e. The molecule has 6 rings (SSSR count). The SMILES string of the molecule is Cc1cc(-n2c(C3CCOCC3)c(C3CCC(O)(C(=O)O)CC3)c3cc4[nH]ncc4cc32)ccc1F. The lowest BCUT2D eigenvalue weighted by Gasteiger charge is -2.34. The number of aromatic amines is 1. The molecule has 0 spiro atoms. The molecule has 0 radical (unpaired) electrons. The van der Waals surface area contributed by atoms with Gasteiger partial charge in [0.2, 0.25) is 0 Å². The number of carboxylic acids is 1. The van der Waals surface area contributed by atoms with Gasteiger partial charge in [-0.1, -0.05) is 0 Å². The van der Waals surface area contributed by atoms with Crippen LogP contribution in [0.1, 0.15) is 67.2 Å². The van der Waals surface area contributed by atoms with E-state index in [0.29, 0.717) is 31.6 Å². The second kappa shape index (κ2) is 8.71. The summed E-state index contributed by atoms with van der Waals surface area (Å²) in [6.45, 7) is 3.14. The summed E-state index contributed by atoms with van der Waals surface area (Å²) in [6, 6.07) is 9.52. The Morgan fingerprint density at radius 3 is 2.58 bits per heavy atom. The molecule has 36 heavy (non-hydrogen) atoms. The van der Waals surface area contributed by atoms with E-state index in [2.05, 4.69) is 26.9 Å². The summed E-state index contributed by atoms with van der Waals surface area (Å²) >= 11 is 0. The molecular weight excluding hydrogens is 461 g/mol. The molecule has 7 nitrogen and oxygen atoms in total. The van der Waals surface area contributed by atoms with Gasteiger partial charge in [0, 0.05) is 41.3 Å². The molecule has 0 atom stereocenters. The van der Waals surface area contributed by atoms with Gasteiger partial charge in [-0.2, -0.15) is 5.10 Å². The quantitative estimate of drug-likeness (QED) is 0.359. The molecule has 8 heteroatoms. The number of aryl methyl sites for hydroxylation is 1. The van der Waals surface area contributed by atoms with Crippen LogP contribution < -0.4 is 0 Å². The van der Waals surface area contributed by atoms with Crippen molar-refractivity contribution in [3.63, 3.8) is 0 Å². The number of hydrogen-bond donors (Lipinski definition) is 3. The van der Waals surface area contributed by atoms with Gasteiger partial charge in [-0.3, -0.25) is 5.10 Å². The molecule has 4 aromatic rings. The van der Waals surface area contributed by atoms with E-state index in [9.17, 15) is 19.4 Å². The predicted molar refractivity (Wildman–Crippen MR) is 134 cm³/mol. The zero-order valence-corrected chi connectivity index (χ0v) is 20.3. The van der Waals surface area contributed by atoms with Crippen molar-refractivity contribution in [2.45, 2.75) is 62.9 Å². The van der Waals surface area contributed by atoms with Crippen molar-refractivity contribution < 1.29 is 24.1 Å². The van der Waals surface area contributed by atoms with Crippen molar-refractivity contribution in [3.05, 3.63) is 59.2 Å². The number of aliphatic hydroxyl groups is 1. The van der Waals surface area contributed by atoms with Crippen LogP contribution >= 0.6 is 0 Å². The maximum atomic E-state index is 14.3. The number of aromatic nitrogens is 3. The summed E-state index contributed by atoms with van der Waals surface area (Å²) in [5, 5.41) is 29.6. The fourth-order valence-corrected chi connectivity index (χ4v) is 6.21. The molecule has 2 aliphatic rings. The molecule has 2 aromatic carbocycles. The Bertz CT molecular complexity index is 1460. The molecule has 188 valence electrons. The molecule has 1 saturated carbocycles. The lowest BCUT2D eigenvalue weighted by Crippen LogP contribution is -2.41. The Kier molecular flexibility index (Phi) is 5.61. The topological polar surface area (TPSA) is 100 Å². The first-order valence-electron chi connectivity index (χ1n) is 12.7. The second-order valence-electron chi connectivity index (χ2n) is 10.4. The van der Waals surface area contributed by atoms with Gasteiger partial charge in [0.25, 0.3) is 0 Å². The summed E-state index contributed by atoms with van der Waals surface area (Å²) in [6.07, 6.45) is 5.18. The molecule has 0 bridgehead atoms. The Labute approximate surface area is 207 Å². The highest BCUT2D eigenvalue weighted by atomic mass is 19.1. The summed E-state index contributed by atoms with van der Waals surface area (Å²) < 4.78 is 22.2. The van der Waals surface area contributed by atoms with Crippen molar-refractivity contribution in [2.24, 2.45) is 0 Å². The Balaban J connectivity index is 1.61. The van der Waals surface area contributed by atoms with Crippen molar-refractivity contribution in [1.82, 2.24) is 14.8 Å². The Hall–Kier alpha value is -3.23. The van der Waals surface area contributed by atoms with E-state index in [1.54, 1.807) is 6.92 Å². The van der Waals surface area contributed by atoms with Gasteiger partial charge in [0.1, 0.15) is 5.82 Å². The maximum absolute atomic E-state index is 14.3. The molecule has 2 aromatic heterocycles. The zero-order valence-electron chi connectivity index (χ0n) is 20.3.